The summed E-state index contributed by atoms with van der Waals surface area (Å²) >= 11 is 1.29. The van der Waals surface area contributed by atoms with Crippen molar-refractivity contribution in [2.75, 3.05) is 5.32 Å². The normalized spacial score (nSPS) is 14.4. The molecule has 0 radical (unpaired) electrons. The Bertz CT molecular complexity index is 1050. The number of nitro benzene ring substituents is 1. The van der Waals surface area contributed by atoms with E-state index in [4.69, 9.17) is 0 Å². The van der Waals surface area contributed by atoms with Crippen molar-refractivity contribution in [3.05, 3.63) is 58.9 Å². The number of hydrogen-bond acceptors (Lipinski definition) is 7. The Morgan fingerprint density at radius 1 is 1.24 bits per heavy atom. The molecule has 0 bridgehead atoms. The third-order valence-corrected chi connectivity index (χ3v) is 5.58. The van der Waals surface area contributed by atoms with Gasteiger partial charge in [0.25, 0.3) is 5.69 Å². The summed E-state index contributed by atoms with van der Waals surface area (Å²) in [5, 5.41) is 22.6. The van der Waals surface area contributed by atoms with E-state index in [0.717, 1.165) is 24.2 Å². The summed E-state index contributed by atoms with van der Waals surface area (Å²) in [7, 11) is 0. The molecule has 1 aromatic carbocycles. The third kappa shape index (κ3) is 4.11. The number of anilines is 1. The number of carbonyl (C=O) groups excluding carboxylic acids is 1. The zero-order valence-corrected chi connectivity index (χ0v) is 16.4. The molecule has 1 N–H and O–H groups in total. The number of hydrogen-bond donors (Lipinski definition) is 1. The van der Waals surface area contributed by atoms with E-state index in [1.165, 1.54) is 23.9 Å². The summed E-state index contributed by atoms with van der Waals surface area (Å²) < 4.78 is 2.06. The Kier molecular flexibility index (Phi) is 5.26. The molecule has 3 aromatic rings. The van der Waals surface area contributed by atoms with Crippen LogP contribution in [-0.2, 0) is 4.79 Å². The van der Waals surface area contributed by atoms with Crippen molar-refractivity contribution in [1.29, 1.82) is 0 Å². The van der Waals surface area contributed by atoms with Gasteiger partial charge in [-0.25, -0.2) is 0 Å². The van der Waals surface area contributed by atoms with Gasteiger partial charge in [0.05, 0.1) is 10.2 Å². The van der Waals surface area contributed by atoms with Crippen LogP contribution in [0.4, 0.5) is 11.4 Å². The SMILES string of the molecule is C[C@H](Sc1nnc(-c2ccncc2)n1C1CC1)C(=O)Nc1ccccc1[N+](=O)[O-]. The number of nitro groups is 1. The monoisotopic (exact) mass is 410 g/mol. The number of pyridine rings is 1. The Morgan fingerprint density at radius 3 is 2.66 bits per heavy atom. The first-order valence-electron chi connectivity index (χ1n) is 9.11. The summed E-state index contributed by atoms with van der Waals surface area (Å²) in [6.45, 7) is 1.74. The van der Waals surface area contributed by atoms with Crippen LogP contribution < -0.4 is 5.32 Å². The van der Waals surface area contributed by atoms with Gasteiger partial charge in [-0.05, 0) is 38.0 Å². The fourth-order valence-electron chi connectivity index (χ4n) is 2.90. The minimum absolute atomic E-state index is 0.140. The molecule has 29 heavy (non-hydrogen) atoms. The molecule has 0 saturated heterocycles. The standard InChI is InChI=1S/C19H18N6O3S/c1-12(18(26)21-15-4-2-3-5-16(15)25(27)28)29-19-23-22-17(24(19)14-6-7-14)13-8-10-20-11-9-13/h2-5,8-12,14H,6-7H2,1H3,(H,21,26)/t12-/m0/s1. The van der Waals surface area contributed by atoms with Crippen LogP contribution in [0.3, 0.4) is 0 Å². The molecule has 10 heteroatoms. The van der Waals surface area contributed by atoms with Crippen molar-refractivity contribution in [2.45, 2.75) is 36.2 Å². The zero-order valence-electron chi connectivity index (χ0n) is 15.6. The average Bonchev–Trinajstić information content (AvgIpc) is 3.48. The first-order valence-corrected chi connectivity index (χ1v) is 9.99. The highest BCUT2D eigenvalue weighted by Gasteiger charge is 2.31. The van der Waals surface area contributed by atoms with Crippen LogP contribution in [0, 0.1) is 10.1 Å². The smallest absolute Gasteiger partial charge is 0.292 e. The summed E-state index contributed by atoms with van der Waals surface area (Å²) in [5.74, 6) is 0.420. The molecule has 2 heterocycles. The summed E-state index contributed by atoms with van der Waals surface area (Å²) in [5.41, 5.74) is 0.957. The summed E-state index contributed by atoms with van der Waals surface area (Å²) in [4.78, 5) is 27.3. The Hall–Kier alpha value is -3.27. The van der Waals surface area contributed by atoms with E-state index in [-0.39, 0.29) is 17.3 Å². The van der Waals surface area contributed by atoms with Crippen molar-refractivity contribution in [1.82, 2.24) is 19.7 Å². The molecule has 4 rings (SSSR count). The van der Waals surface area contributed by atoms with Gasteiger partial charge in [-0.15, -0.1) is 10.2 Å². The molecule has 148 valence electrons. The van der Waals surface area contributed by atoms with E-state index < -0.39 is 10.2 Å². The van der Waals surface area contributed by atoms with Gasteiger partial charge in [0, 0.05) is 30.1 Å². The number of nitrogens with zero attached hydrogens (tertiary/aromatic N) is 5. The quantitative estimate of drug-likeness (QED) is 0.359. The van der Waals surface area contributed by atoms with Crippen LogP contribution in [0.5, 0.6) is 0 Å². The number of para-hydroxylation sites is 2. The lowest BCUT2D eigenvalue weighted by Crippen LogP contribution is -2.23. The lowest BCUT2D eigenvalue weighted by atomic mass is 10.2. The van der Waals surface area contributed by atoms with Gasteiger partial charge in [-0.3, -0.25) is 24.5 Å². The Labute approximate surface area is 170 Å². The highest BCUT2D eigenvalue weighted by molar-refractivity contribution is 8.00. The van der Waals surface area contributed by atoms with Crippen molar-refractivity contribution in [3.63, 3.8) is 0 Å². The molecule has 1 atom stereocenters. The van der Waals surface area contributed by atoms with Crippen molar-refractivity contribution in [3.8, 4) is 11.4 Å². The molecular formula is C19H18N6O3S. The second-order valence-corrected chi connectivity index (χ2v) is 7.97. The van der Waals surface area contributed by atoms with Gasteiger partial charge in [-0.2, -0.15) is 0 Å². The van der Waals surface area contributed by atoms with Crippen LogP contribution in [0.2, 0.25) is 0 Å². The largest absolute Gasteiger partial charge is 0.319 e. The molecule has 0 unspecified atom stereocenters. The van der Waals surface area contributed by atoms with E-state index in [2.05, 4.69) is 25.1 Å². The van der Waals surface area contributed by atoms with Crippen LogP contribution in [0.25, 0.3) is 11.4 Å². The zero-order chi connectivity index (χ0) is 20.4. The number of aromatic nitrogens is 4. The number of nitrogens with one attached hydrogen (secondary N) is 1. The molecule has 1 aliphatic rings. The third-order valence-electron chi connectivity index (χ3n) is 4.53. The van der Waals surface area contributed by atoms with Gasteiger partial charge in [0.2, 0.25) is 5.91 Å². The number of amides is 1. The maximum absolute atomic E-state index is 12.6. The first kappa shape index (κ1) is 19.1. The predicted octanol–water partition coefficient (Wildman–Crippen LogP) is 3.70. The van der Waals surface area contributed by atoms with E-state index >= 15 is 0 Å². The van der Waals surface area contributed by atoms with Crippen LogP contribution in [-0.4, -0.2) is 35.8 Å². The van der Waals surface area contributed by atoms with Gasteiger partial charge in [0.1, 0.15) is 5.69 Å². The van der Waals surface area contributed by atoms with Crippen LogP contribution in [0.15, 0.2) is 53.9 Å². The average molecular weight is 410 g/mol. The highest BCUT2D eigenvalue weighted by atomic mass is 32.2. The molecule has 0 spiro atoms. The van der Waals surface area contributed by atoms with Gasteiger partial charge in [0.15, 0.2) is 11.0 Å². The fourth-order valence-corrected chi connectivity index (χ4v) is 3.82. The molecule has 0 aliphatic heterocycles. The second kappa shape index (κ2) is 8.00. The number of carbonyl (C=O) groups is 1. The topological polar surface area (TPSA) is 116 Å². The van der Waals surface area contributed by atoms with Gasteiger partial charge < -0.3 is 5.32 Å². The molecule has 9 nitrogen and oxygen atoms in total. The van der Waals surface area contributed by atoms with E-state index in [9.17, 15) is 14.9 Å². The summed E-state index contributed by atoms with van der Waals surface area (Å²) in [6, 6.07) is 10.2. The molecule has 1 amide bonds. The number of thioether (sulfide) groups is 1. The molecule has 1 aliphatic carbocycles. The molecule has 1 fully saturated rings. The maximum Gasteiger partial charge on any atom is 0.292 e. The predicted molar refractivity (Wildman–Crippen MR) is 109 cm³/mol. The van der Waals surface area contributed by atoms with Crippen molar-refractivity contribution < 1.29 is 9.72 Å². The first-order chi connectivity index (χ1) is 14.0. The van der Waals surface area contributed by atoms with Gasteiger partial charge >= 0.3 is 0 Å². The maximum atomic E-state index is 12.6. The fraction of sp³-hybridized carbons (Fsp3) is 0.263. The van der Waals surface area contributed by atoms with Gasteiger partial charge in [-0.1, -0.05) is 23.9 Å². The molecular weight excluding hydrogens is 392 g/mol. The number of benzene rings is 1. The molecule has 1 saturated carbocycles. The van der Waals surface area contributed by atoms with Crippen molar-refractivity contribution >= 4 is 29.0 Å². The highest BCUT2D eigenvalue weighted by Crippen LogP contribution is 2.41. The van der Waals surface area contributed by atoms with Crippen molar-refractivity contribution in [2.24, 2.45) is 0 Å². The molecule has 2 aromatic heterocycles. The minimum atomic E-state index is -0.516. The second-order valence-electron chi connectivity index (χ2n) is 6.67. The van der Waals surface area contributed by atoms with Crippen LogP contribution in [0.1, 0.15) is 25.8 Å². The Morgan fingerprint density at radius 2 is 1.97 bits per heavy atom. The minimum Gasteiger partial charge on any atom is -0.319 e. The lowest BCUT2D eigenvalue weighted by molar-refractivity contribution is -0.383. The summed E-state index contributed by atoms with van der Waals surface area (Å²) in [6.07, 6.45) is 5.49. The number of rotatable bonds is 7. The van der Waals surface area contributed by atoms with E-state index in [0.29, 0.717) is 11.2 Å². The van der Waals surface area contributed by atoms with E-state index in [1.807, 2.05) is 12.1 Å². The van der Waals surface area contributed by atoms with E-state index in [1.54, 1.807) is 31.5 Å². The Balaban J connectivity index is 1.53. The lowest BCUT2D eigenvalue weighted by Gasteiger charge is -2.13. The van der Waals surface area contributed by atoms with Crippen LogP contribution >= 0.6 is 11.8 Å².